The number of aromatic amines is 1. The first-order valence-corrected chi connectivity index (χ1v) is 8.89. The molecule has 1 aromatic heterocycles. The van der Waals surface area contributed by atoms with Gasteiger partial charge in [0.05, 0.1) is 34.2 Å². The molecule has 0 aliphatic rings. The predicted molar refractivity (Wildman–Crippen MR) is 105 cm³/mol. The Kier molecular flexibility index (Phi) is 5.43. The normalized spacial score (nSPS) is 11.9. The number of fused-ring (bicyclic) bond motifs is 1. The Labute approximate surface area is 169 Å². The van der Waals surface area contributed by atoms with Crippen LogP contribution in [-0.2, 0) is 10.9 Å². The highest BCUT2D eigenvalue weighted by molar-refractivity contribution is 6.13. The first-order valence-electron chi connectivity index (χ1n) is 8.89. The molecule has 3 aromatic rings. The third-order valence-corrected chi connectivity index (χ3v) is 3.95. The topological polar surface area (TPSA) is 96.1 Å². The minimum absolute atomic E-state index is 0.0395. The fourth-order valence-electron chi connectivity index (χ4n) is 2.69. The number of aromatic nitrogens is 2. The van der Waals surface area contributed by atoms with E-state index in [0.717, 1.165) is 18.2 Å². The number of anilines is 2. The van der Waals surface area contributed by atoms with Gasteiger partial charge >= 0.3 is 12.3 Å². The third kappa shape index (κ3) is 4.88. The van der Waals surface area contributed by atoms with Crippen molar-refractivity contribution >= 4 is 34.3 Å². The van der Waals surface area contributed by atoms with Gasteiger partial charge in [-0.2, -0.15) is 18.3 Å². The zero-order chi connectivity index (χ0) is 22.1. The van der Waals surface area contributed by atoms with Gasteiger partial charge in [-0.1, -0.05) is 12.1 Å². The summed E-state index contributed by atoms with van der Waals surface area (Å²) in [6.07, 6.45) is -3.98. The standard InChI is InChI=1S/C20H19F3N4O3/c1-19(2,3)30-18(29)26-14-8-7-12(20(21,22)23)9-15(14)25-17(28)13-6-4-5-11-10-24-27-16(11)13/h4-10H,1-3H3,(H,24,27)(H,25,28)(H,26,29). The molecular formula is C20H19F3N4O3. The molecule has 0 bridgehead atoms. The lowest BCUT2D eigenvalue weighted by Gasteiger charge is -2.21. The number of ether oxygens (including phenoxy) is 1. The second-order valence-corrected chi connectivity index (χ2v) is 7.48. The second kappa shape index (κ2) is 7.69. The number of carbonyl (C=O) groups excluding carboxylic acids is 2. The molecule has 10 heteroatoms. The summed E-state index contributed by atoms with van der Waals surface area (Å²) in [5.41, 5.74) is -1.43. The Hall–Kier alpha value is -3.56. The number of halogens is 3. The van der Waals surface area contributed by atoms with E-state index >= 15 is 0 Å². The van der Waals surface area contributed by atoms with E-state index in [1.807, 2.05) is 0 Å². The molecule has 3 N–H and O–H groups in total. The molecule has 0 fully saturated rings. The number of hydrogen-bond acceptors (Lipinski definition) is 4. The first kappa shape index (κ1) is 21.2. The fraction of sp³-hybridized carbons (Fsp3) is 0.250. The average Bonchev–Trinajstić information content (AvgIpc) is 3.09. The number of carbonyl (C=O) groups is 2. The minimum atomic E-state index is -4.63. The van der Waals surface area contributed by atoms with Crippen LogP contribution in [0.4, 0.5) is 29.3 Å². The van der Waals surface area contributed by atoms with Crippen molar-refractivity contribution in [2.75, 3.05) is 10.6 Å². The highest BCUT2D eigenvalue weighted by Gasteiger charge is 2.31. The summed E-state index contributed by atoms with van der Waals surface area (Å²) >= 11 is 0. The average molecular weight is 420 g/mol. The van der Waals surface area contributed by atoms with Crippen LogP contribution in [0.15, 0.2) is 42.6 Å². The Morgan fingerprint density at radius 1 is 1.03 bits per heavy atom. The summed E-state index contributed by atoms with van der Waals surface area (Å²) in [5.74, 6) is -0.670. The lowest BCUT2D eigenvalue weighted by molar-refractivity contribution is -0.137. The number of benzene rings is 2. The molecule has 0 spiro atoms. The minimum Gasteiger partial charge on any atom is -0.444 e. The smallest absolute Gasteiger partial charge is 0.416 e. The molecule has 30 heavy (non-hydrogen) atoms. The summed E-state index contributed by atoms with van der Waals surface area (Å²) in [4.78, 5) is 24.8. The number of H-pyrrole nitrogens is 1. The first-order chi connectivity index (χ1) is 13.9. The van der Waals surface area contributed by atoms with Crippen LogP contribution in [-0.4, -0.2) is 27.8 Å². The Balaban J connectivity index is 1.95. The third-order valence-electron chi connectivity index (χ3n) is 3.95. The van der Waals surface area contributed by atoms with Crippen molar-refractivity contribution < 1.29 is 27.5 Å². The van der Waals surface area contributed by atoms with E-state index in [0.29, 0.717) is 10.9 Å². The van der Waals surface area contributed by atoms with Gasteiger partial charge in [0.2, 0.25) is 0 Å². The van der Waals surface area contributed by atoms with E-state index in [9.17, 15) is 22.8 Å². The summed E-state index contributed by atoms with van der Waals surface area (Å²) in [6, 6.07) is 7.47. The molecule has 0 unspecified atom stereocenters. The number of alkyl halides is 3. The van der Waals surface area contributed by atoms with Gasteiger partial charge in [0.15, 0.2) is 0 Å². The largest absolute Gasteiger partial charge is 0.444 e. The Morgan fingerprint density at radius 3 is 2.43 bits per heavy atom. The summed E-state index contributed by atoms with van der Waals surface area (Å²) in [5, 5.41) is 12.0. The maximum Gasteiger partial charge on any atom is 0.416 e. The SMILES string of the molecule is CC(C)(C)OC(=O)Nc1ccc(C(F)(F)F)cc1NC(=O)c1cccc2cn[nH]c12. The van der Waals surface area contributed by atoms with E-state index in [-0.39, 0.29) is 16.9 Å². The van der Waals surface area contributed by atoms with Crippen LogP contribution < -0.4 is 10.6 Å². The highest BCUT2D eigenvalue weighted by atomic mass is 19.4. The molecule has 2 aromatic carbocycles. The molecule has 0 aliphatic heterocycles. The van der Waals surface area contributed by atoms with Crippen LogP contribution >= 0.6 is 0 Å². The number of nitrogens with one attached hydrogen (secondary N) is 3. The highest BCUT2D eigenvalue weighted by Crippen LogP contribution is 2.34. The molecule has 1 heterocycles. The van der Waals surface area contributed by atoms with Crippen molar-refractivity contribution in [3.05, 3.63) is 53.7 Å². The summed E-state index contributed by atoms with van der Waals surface area (Å²) in [6.45, 7) is 4.94. The van der Waals surface area contributed by atoms with Gasteiger partial charge in [-0.25, -0.2) is 4.79 Å². The molecule has 158 valence electrons. The molecule has 0 saturated carbocycles. The van der Waals surface area contributed by atoms with Gasteiger partial charge in [-0.05, 0) is 45.0 Å². The van der Waals surface area contributed by atoms with Gasteiger partial charge in [-0.15, -0.1) is 0 Å². The Bertz CT molecular complexity index is 1100. The van der Waals surface area contributed by atoms with Gasteiger partial charge in [0, 0.05) is 5.39 Å². The number of rotatable bonds is 3. The van der Waals surface area contributed by atoms with Gasteiger partial charge < -0.3 is 10.1 Å². The van der Waals surface area contributed by atoms with Crippen molar-refractivity contribution in [3.63, 3.8) is 0 Å². The van der Waals surface area contributed by atoms with Crippen LogP contribution in [0.1, 0.15) is 36.7 Å². The van der Waals surface area contributed by atoms with Crippen molar-refractivity contribution in [3.8, 4) is 0 Å². The van der Waals surface area contributed by atoms with Gasteiger partial charge in [-0.3, -0.25) is 15.2 Å². The number of hydrogen-bond donors (Lipinski definition) is 3. The zero-order valence-electron chi connectivity index (χ0n) is 16.3. The maximum absolute atomic E-state index is 13.2. The number of nitrogens with zero attached hydrogens (tertiary/aromatic N) is 1. The second-order valence-electron chi connectivity index (χ2n) is 7.48. The van der Waals surface area contributed by atoms with E-state index in [1.165, 1.54) is 12.3 Å². The van der Waals surface area contributed by atoms with E-state index in [1.54, 1.807) is 32.9 Å². The van der Waals surface area contributed by atoms with E-state index in [4.69, 9.17) is 4.74 Å². The predicted octanol–water partition coefficient (Wildman–Crippen LogP) is 5.18. The molecule has 2 amide bonds. The molecule has 7 nitrogen and oxygen atoms in total. The summed E-state index contributed by atoms with van der Waals surface area (Å²) in [7, 11) is 0. The van der Waals surface area contributed by atoms with Crippen molar-refractivity contribution in [1.82, 2.24) is 10.2 Å². The van der Waals surface area contributed by atoms with Crippen LogP contribution in [0.25, 0.3) is 10.9 Å². The molecule has 0 radical (unpaired) electrons. The van der Waals surface area contributed by atoms with Gasteiger partial charge in [0.1, 0.15) is 5.60 Å². The van der Waals surface area contributed by atoms with Crippen LogP contribution in [0.3, 0.4) is 0 Å². The zero-order valence-corrected chi connectivity index (χ0v) is 16.3. The van der Waals surface area contributed by atoms with Crippen molar-refractivity contribution in [2.24, 2.45) is 0 Å². The van der Waals surface area contributed by atoms with E-state index < -0.39 is 29.3 Å². The van der Waals surface area contributed by atoms with Crippen LogP contribution in [0, 0.1) is 0 Å². The molecule has 0 saturated heterocycles. The van der Waals surface area contributed by atoms with Crippen LogP contribution in [0.5, 0.6) is 0 Å². The maximum atomic E-state index is 13.2. The molecule has 0 aliphatic carbocycles. The lowest BCUT2D eigenvalue weighted by Crippen LogP contribution is -2.27. The molecule has 0 atom stereocenters. The van der Waals surface area contributed by atoms with Gasteiger partial charge in [0.25, 0.3) is 5.91 Å². The fourth-order valence-corrected chi connectivity index (χ4v) is 2.69. The number of amides is 2. The van der Waals surface area contributed by atoms with E-state index in [2.05, 4.69) is 20.8 Å². The summed E-state index contributed by atoms with van der Waals surface area (Å²) < 4.78 is 44.7. The van der Waals surface area contributed by atoms with Crippen molar-refractivity contribution in [1.29, 1.82) is 0 Å². The lowest BCUT2D eigenvalue weighted by atomic mass is 10.1. The Morgan fingerprint density at radius 2 is 1.77 bits per heavy atom. The molecule has 3 rings (SSSR count). The van der Waals surface area contributed by atoms with Crippen molar-refractivity contribution in [2.45, 2.75) is 32.5 Å². The quantitative estimate of drug-likeness (QED) is 0.544. The molecular weight excluding hydrogens is 401 g/mol. The van der Waals surface area contributed by atoms with Crippen LogP contribution in [0.2, 0.25) is 0 Å². The monoisotopic (exact) mass is 420 g/mol. The number of para-hydroxylation sites is 1.